The van der Waals surface area contributed by atoms with Crippen molar-refractivity contribution in [3.63, 3.8) is 0 Å². The van der Waals surface area contributed by atoms with Crippen molar-refractivity contribution in [3.05, 3.63) is 34.1 Å². The van der Waals surface area contributed by atoms with Gasteiger partial charge in [0.25, 0.3) is 0 Å². The SMILES string of the molecule is CC1(C)[C@@H](CN)[C@@H]1c1cccc(Br)c1F. The van der Waals surface area contributed by atoms with Gasteiger partial charge < -0.3 is 5.73 Å². The molecule has 2 atom stereocenters. The zero-order chi connectivity index (χ0) is 11.2. The lowest BCUT2D eigenvalue weighted by Gasteiger charge is -2.05. The lowest BCUT2D eigenvalue weighted by Crippen LogP contribution is -2.05. The zero-order valence-electron chi connectivity index (χ0n) is 8.93. The molecule has 0 aromatic heterocycles. The van der Waals surface area contributed by atoms with E-state index in [4.69, 9.17) is 5.73 Å². The number of hydrogen-bond acceptors (Lipinski definition) is 1. The normalized spacial score (nSPS) is 27.8. The van der Waals surface area contributed by atoms with Crippen LogP contribution in [0.1, 0.15) is 25.3 Å². The van der Waals surface area contributed by atoms with Crippen molar-refractivity contribution in [3.8, 4) is 0 Å². The van der Waals surface area contributed by atoms with Gasteiger partial charge >= 0.3 is 0 Å². The van der Waals surface area contributed by atoms with E-state index in [-0.39, 0.29) is 17.2 Å². The van der Waals surface area contributed by atoms with Gasteiger partial charge in [0.1, 0.15) is 5.82 Å². The largest absolute Gasteiger partial charge is 0.330 e. The van der Waals surface area contributed by atoms with Crippen molar-refractivity contribution in [1.29, 1.82) is 0 Å². The minimum atomic E-state index is -0.133. The summed E-state index contributed by atoms with van der Waals surface area (Å²) in [5, 5.41) is 0. The lowest BCUT2D eigenvalue weighted by molar-refractivity contribution is 0.550. The molecule has 15 heavy (non-hydrogen) atoms. The fourth-order valence-electron chi connectivity index (χ4n) is 2.56. The molecule has 1 aliphatic carbocycles. The van der Waals surface area contributed by atoms with E-state index in [1.807, 2.05) is 12.1 Å². The Morgan fingerprint density at radius 1 is 1.47 bits per heavy atom. The van der Waals surface area contributed by atoms with Gasteiger partial charge in [-0.25, -0.2) is 4.39 Å². The standard InChI is InChI=1S/C12H15BrFN/c1-12(2)8(6-15)10(12)7-4-3-5-9(13)11(7)14/h3-5,8,10H,6,15H2,1-2H3/t8-,10-/m0/s1. The van der Waals surface area contributed by atoms with Gasteiger partial charge in [-0.2, -0.15) is 0 Å². The van der Waals surface area contributed by atoms with Gasteiger partial charge in [-0.05, 0) is 51.4 Å². The van der Waals surface area contributed by atoms with E-state index in [1.54, 1.807) is 6.07 Å². The lowest BCUT2D eigenvalue weighted by atomic mass is 10.0. The maximum atomic E-state index is 13.9. The molecule has 2 rings (SSSR count). The van der Waals surface area contributed by atoms with Crippen LogP contribution in [0.15, 0.2) is 22.7 Å². The zero-order valence-corrected chi connectivity index (χ0v) is 10.5. The van der Waals surface area contributed by atoms with Crippen LogP contribution in [0.4, 0.5) is 4.39 Å². The summed E-state index contributed by atoms with van der Waals surface area (Å²) in [5.74, 6) is 0.535. The van der Waals surface area contributed by atoms with Crippen LogP contribution in [0, 0.1) is 17.2 Å². The first-order valence-electron chi connectivity index (χ1n) is 5.14. The van der Waals surface area contributed by atoms with E-state index >= 15 is 0 Å². The molecule has 0 spiro atoms. The molecule has 1 saturated carbocycles. The fourth-order valence-corrected chi connectivity index (χ4v) is 2.94. The smallest absolute Gasteiger partial charge is 0.140 e. The number of nitrogens with two attached hydrogens (primary N) is 1. The summed E-state index contributed by atoms with van der Waals surface area (Å²) in [5.41, 5.74) is 6.62. The third-order valence-corrected chi connectivity index (χ3v) is 4.23. The second kappa shape index (κ2) is 3.56. The van der Waals surface area contributed by atoms with Crippen molar-refractivity contribution < 1.29 is 4.39 Å². The molecule has 3 heteroatoms. The quantitative estimate of drug-likeness (QED) is 0.878. The first kappa shape index (κ1) is 11.1. The highest BCUT2D eigenvalue weighted by molar-refractivity contribution is 9.10. The molecular weight excluding hydrogens is 257 g/mol. The maximum Gasteiger partial charge on any atom is 0.140 e. The second-order valence-corrected chi connectivity index (χ2v) is 5.64. The van der Waals surface area contributed by atoms with E-state index in [0.29, 0.717) is 16.9 Å². The molecule has 0 radical (unpaired) electrons. The van der Waals surface area contributed by atoms with Crippen molar-refractivity contribution in [1.82, 2.24) is 0 Å². The van der Waals surface area contributed by atoms with E-state index < -0.39 is 0 Å². The highest BCUT2D eigenvalue weighted by Crippen LogP contribution is 2.64. The van der Waals surface area contributed by atoms with Gasteiger partial charge in [0.2, 0.25) is 0 Å². The molecule has 1 aliphatic rings. The Labute approximate surface area is 98.0 Å². The van der Waals surface area contributed by atoms with Crippen LogP contribution in [-0.4, -0.2) is 6.54 Å². The Hall–Kier alpha value is -0.410. The first-order valence-corrected chi connectivity index (χ1v) is 5.93. The summed E-state index contributed by atoms with van der Waals surface area (Å²) in [6.07, 6.45) is 0. The summed E-state index contributed by atoms with van der Waals surface area (Å²) in [7, 11) is 0. The molecule has 1 fully saturated rings. The average molecular weight is 272 g/mol. The first-order chi connectivity index (χ1) is 7.00. The molecule has 0 unspecified atom stereocenters. The van der Waals surface area contributed by atoms with Crippen LogP contribution in [0.2, 0.25) is 0 Å². The van der Waals surface area contributed by atoms with Crippen LogP contribution < -0.4 is 5.73 Å². The van der Waals surface area contributed by atoms with Crippen LogP contribution in [0.5, 0.6) is 0 Å². The third-order valence-electron chi connectivity index (χ3n) is 3.62. The van der Waals surface area contributed by atoms with Crippen LogP contribution in [0.25, 0.3) is 0 Å². The van der Waals surface area contributed by atoms with Crippen molar-refractivity contribution in [2.45, 2.75) is 19.8 Å². The molecule has 1 aromatic carbocycles. The molecule has 0 saturated heterocycles. The van der Waals surface area contributed by atoms with Gasteiger partial charge in [-0.15, -0.1) is 0 Å². The van der Waals surface area contributed by atoms with Gasteiger partial charge in [-0.3, -0.25) is 0 Å². The Morgan fingerprint density at radius 2 is 2.13 bits per heavy atom. The molecule has 82 valence electrons. The van der Waals surface area contributed by atoms with E-state index in [2.05, 4.69) is 29.8 Å². The second-order valence-electron chi connectivity index (χ2n) is 4.78. The molecule has 0 bridgehead atoms. The molecule has 0 amide bonds. The summed E-state index contributed by atoms with van der Waals surface area (Å²) in [4.78, 5) is 0. The topological polar surface area (TPSA) is 26.0 Å². The van der Waals surface area contributed by atoms with Crippen LogP contribution in [0.3, 0.4) is 0 Å². The average Bonchev–Trinajstić information content (AvgIpc) is 2.73. The highest BCUT2D eigenvalue weighted by atomic mass is 79.9. The summed E-state index contributed by atoms with van der Waals surface area (Å²) in [6.45, 7) is 4.93. The number of halogens is 2. The molecule has 1 aromatic rings. The predicted octanol–water partition coefficient (Wildman–Crippen LogP) is 3.29. The summed E-state index contributed by atoms with van der Waals surface area (Å²) < 4.78 is 14.4. The number of benzene rings is 1. The summed E-state index contributed by atoms with van der Waals surface area (Å²) in [6, 6.07) is 5.47. The Balaban J connectivity index is 2.37. The van der Waals surface area contributed by atoms with E-state index in [9.17, 15) is 4.39 Å². The molecule has 0 aliphatic heterocycles. The Bertz CT molecular complexity index is 389. The van der Waals surface area contributed by atoms with E-state index in [0.717, 1.165) is 5.56 Å². The minimum Gasteiger partial charge on any atom is -0.330 e. The van der Waals surface area contributed by atoms with Gasteiger partial charge in [0, 0.05) is 0 Å². The molecule has 2 N–H and O–H groups in total. The van der Waals surface area contributed by atoms with Gasteiger partial charge in [0.15, 0.2) is 0 Å². The summed E-state index contributed by atoms with van der Waals surface area (Å²) >= 11 is 3.22. The molecule has 1 nitrogen and oxygen atoms in total. The van der Waals surface area contributed by atoms with Gasteiger partial charge in [0.05, 0.1) is 4.47 Å². The Morgan fingerprint density at radius 3 is 2.67 bits per heavy atom. The predicted molar refractivity (Wildman–Crippen MR) is 63.2 cm³/mol. The van der Waals surface area contributed by atoms with Gasteiger partial charge in [-0.1, -0.05) is 26.0 Å². The van der Waals surface area contributed by atoms with E-state index in [1.165, 1.54) is 0 Å². The third kappa shape index (κ3) is 1.62. The maximum absolute atomic E-state index is 13.9. The number of hydrogen-bond donors (Lipinski definition) is 1. The van der Waals surface area contributed by atoms with Crippen LogP contribution >= 0.6 is 15.9 Å². The van der Waals surface area contributed by atoms with Crippen molar-refractivity contribution in [2.75, 3.05) is 6.54 Å². The van der Waals surface area contributed by atoms with Crippen molar-refractivity contribution >= 4 is 15.9 Å². The highest BCUT2D eigenvalue weighted by Gasteiger charge is 2.58. The van der Waals surface area contributed by atoms with Crippen LogP contribution in [-0.2, 0) is 0 Å². The molecular formula is C12H15BrFN. The molecule has 0 heterocycles. The minimum absolute atomic E-state index is 0.133. The number of rotatable bonds is 2. The van der Waals surface area contributed by atoms with Crippen molar-refractivity contribution in [2.24, 2.45) is 17.1 Å². The fraction of sp³-hybridized carbons (Fsp3) is 0.500. The monoisotopic (exact) mass is 271 g/mol. The Kier molecular flexibility index (Phi) is 2.63.